The zero-order chi connectivity index (χ0) is 22.6. The van der Waals surface area contributed by atoms with Crippen molar-refractivity contribution in [1.29, 1.82) is 0 Å². The topological polar surface area (TPSA) is 67.6 Å². The lowest BCUT2D eigenvalue weighted by Gasteiger charge is -2.25. The Labute approximate surface area is 182 Å². The molecule has 5 nitrogen and oxygen atoms in total. The minimum atomic E-state index is -0.997. The molecule has 0 spiro atoms. The summed E-state index contributed by atoms with van der Waals surface area (Å²) in [6.07, 6.45) is 0. The van der Waals surface area contributed by atoms with Crippen molar-refractivity contribution in [2.24, 2.45) is 0 Å². The number of hydrogen-bond donors (Lipinski definition) is 0. The van der Waals surface area contributed by atoms with Crippen LogP contribution in [0.25, 0.3) is 11.0 Å². The monoisotopic (exact) mass is 427 g/mol. The summed E-state index contributed by atoms with van der Waals surface area (Å²) in [6, 6.07) is 16.6. The number of ketones is 1. The van der Waals surface area contributed by atoms with Crippen molar-refractivity contribution in [3.05, 3.63) is 111 Å². The van der Waals surface area contributed by atoms with E-state index in [1.807, 2.05) is 6.92 Å². The second-order valence-electron chi connectivity index (χ2n) is 7.88. The summed E-state index contributed by atoms with van der Waals surface area (Å²) in [6.45, 7) is 3.30. The van der Waals surface area contributed by atoms with E-state index in [9.17, 15) is 18.8 Å². The summed E-state index contributed by atoms with van der Waals surface area (Å²) in [5, 5.41) is 0.340. The number of aryl methyl sites for hydroxylation is 1. The lowest BCUT2D eigenvalue weighted by Crippen LogP contribution is -2.30. The maximum absolute atomic E-state index is 14.9. The Morgan fingerprint density at radius 3 is 2.41 bits per heavy atom. The number of hydrogen-bond acceptors (Lipinski definition) is 4. The molecule has 1 amide bonds. The van der Waals surface area contributed by atoms with Crippen LogP contribution in [0.15, 0.2) is 75.9 Å². The zero-order valence-corrected chi connectivity index (χ0v) is 17.4. The van der Waals surface area contributed by atoms with Gasteiger partial charge in [0.1, 0.15) is 11.4 Å². The third-order valence-corrected chi connectivity index (χ3v) is 5.78. The van der Waals surface area contributed by atoms with Crippen LogP contribution in [-0.4, -0.2) is 11.7 Å². The van der Waals surface area contributed by atoms with Gasteiger partial charge in [0.05, 0.1) is 17.0 Å². The van der Waals surface area contributed by atoms with Gasteiger partial charge in [-0.3, -0.25) is 19.3 Å². The maximum Gasteiger partial charge on any atom is 0.295 e. The molecule has 1 aromatic heterocycles. The molecule has 5 rings (SSSR count). The van der Waals surface area contributed by atoms with E-state index in [1.165, 1.54) is 17.9 Å². The number of rotatable bonds is 3. The molecule has 3 aromatic carbocycles. The minimum absolute atomic E-state index is 0.102. The van der Waals surface area contributed by atoms with Crippen LogP contribution >= 0.6 is 0 Å². The van der Waals surface area contributed by atoms with E-state index in [1.54, 1.807) is 60.7 Å². The molecule has 6 heteroatoms. The number of Topliss-reactive ketones (excluding diaryl/α,β-unsaturated/α-hetero) is 1. The molecule has 0 bridgehead atoms. The van der Waals surface area contributed by atoms with Crippen LogP contribution in [0.5, 0.6) is 0 Å². The van der Waals surface area contributed by atoms with Gasteiger partial charge < -0.3 is 4.42 Å². The van der Waals surface area contributed by atoms with E-state index in [0.29, 0.717) is 22.2 Å². The fourth-order valence-corrected chi connectivity index (χ4v) is 4.20. The number of halogens is 1. The normalized spacial score (nSPS) is 15.3. The van der Waals surface area contributed by atoms with Crippen LogP contribution in [-0.2, 0) is 0 Å². The smallest absolute Gasteiger partial charge is 0.295 e. The van der Waals surface area contributed by atoms with Gasteiger partial charge in [-0.05, 0) is 56.3 Å². The van der Waals surface area contributed by atoms with Crippen molar-refractivity contribution in [3.8, 4) is 0 Å². The predicted octanol–water partition coefficient (Wildman–Crippen LogP) is 5.19. The summed E-state index contributed by atoms with van der Waals surface area (Å²) < 4.78 is 20.8. The molecule has 0 radical (unpaired) electrons. The van der Waals surface area contributed by atoms with Gasteiger partial charge in [0.25, 0.3) is 5.91 Å². The summed E-state index contributed by atoms with van der Waals surface area (Å²) in [7, 11) is 0. The van der Waals surface area contributed by atoms with Crippen LogP contribution in [0.4, 0.5) is 10.1 Å². The van der Waals surface area contributed by atoms with E-state index in [2.05, 4.69) is 0 Å². The fourth-order valence-electron chi connectivity index (χ4n) is 4.20. The molecule has 2 heterocycles. The molecular weight excluding hydrogens is 409 g/mol. The van der Waals surface area contributed by atoms with Gasteiger partial charge >= 0.3 is 0 Å². The maximum atomic E-state index is 14.9. The van der Waals surface area contributed by atoms with E-state index in [4.69, 9.17) is 4.42 Å². The number of carbonyl (C=O) groups is 2. The fraction of sp³-hybridized carbons (Fsp3) is 0.115. The summed E-state index contributed by atoms with van der Waals surface area (Å²) in [5.74, 6) is -1.29. The number of fused-ring (bicyclic) bond motifs is 2. The van der Waals surface area contributed by atoms with E-state index < -0.39 is 17.8 Å². The first-order valence-corrected chi connectivity index (χ1v) is 10.1. The molecule has 0 saturated carbocycles. The molecule has 0 fully saturated rings. The lowest BCUT2D eigenvalue weighted by molar-refractivity contribution is 0.0970. The van der Waals surface area contributed by atoms with E-state index in [-0.39, 0.29) is 28.1 Å². The summed E-state index contributed by atoms with van der Waals surface area (Å²) >= 11 is 0. The summed E-state index contributed by atoms with van der Waals surface area (Å²) in [5.41, 5.74) is 2.01. The van der Waals surface area contributed by atoms with Crippen LogP contribution in [0.3, 0.4) is 0 Å². The quantitative estimate of drug-likeness (QED) is 0.422. The van der Waals surface area contributed by atoms with Gasteiger partial charge in [0, 0.05) is 16.8 Å². The van der Waals surface area contributed by atoms with Crippen LogP contribution in [0.1, 0.15) is 50.6 Å². The van der Waals surface area contributed by atoms with Gasteiger partial charge in [0.2, 0.25) is 5.76 Å². The predicted molar refractivity (Wildman–Crippen MR) is 119 cm³/mol. The van der Waals surface area contributed by atoms with Gasteiger partial charge in [-0.15, -0.1) is 0 Å². The second-order valence-corrected chi connectivity index (χ2v) is 7.88. The zero-order valence-electron chi connectivity index (χ0n) is 17.4. The highest BCUT2D eigenvalue weighted by molar-refractivity contribution is 6.11. The molecule has 1 unspecified atom stereocenters. The SMILES string of the molecule is CC(=O)c1ccc(N2C(=O)c3oc4ccc(C)cc4c(=O)c3C2c2ccccc2F)cc1. The Morgan fingerprint density at radius 1 is 1.00 bits per heavy atom. The number of nitrogens with zero attached hydrogens (tertiary/aromatic N) is 1. The average molecular weight is 427 g/mol. The molecule has 158 valence electrons. The Kier molecular flexibility index (Phi) is 4.51. The third-order valence-electron chi connectivity index (χ3n) is 5.78. The second kappa shape index (κ2) is 7.27. The van der Waals surface area contributed by atoms with Gasteiger partial charge in [0.15, 0.2) is 11.2 Å². The van der Waals surface area contributed by atoms with Gasteiger partial charge in [-0.25, -0.2) is 4.39 Å². The van der Waals surface area contributed by atoms with Crippen LogP contribution in [0, 0.1) is 12.7 Å². The molecule has 1 aliphatic rings. The van der Waals surface area contributed by atoms with Crippen molar-refractivity contribution < 1.29 is 18.4 Å². The number of anilines is 1. The first kappa shape index (κ1) is 19.9. The Morgan fingerprint density at radius 2 is 1.72 bits per heavy atom. The third kappa shape index (κ3) is 2.95. The number of benzene rings is 3. The number of carbonyl (C=O) groups excluding carboxylic acids is 2. The highest BCUT2D eigenvalue weighted by Crippen LogP contribution is 2.42. The summed E-state index contributed by atoms with van der Waals surface area (Å²) in [4.78, 5) is 40.0. The largest absolute Gasteiger partial charge is 0.450 e. The Balaban J connectivity index is 1.80. The first-order valence-electron chi connectivity index (χ1n) is 10.1. The van der Waals surface area contributed by atoms with Gasteiger partial charge in [-0.1, -0.05) is 29.8 Å². The van der Waals surface area contributed by atoms with Crippen molar-refractivity contribution in [3.63, 3.8) is 0 Å². The lowest BCUT2D eigenvalue weighted by atomic mass is 9.97. The van der Waals surface area contributed by atoms with E-state index in [0.717, 1.165) is 5.56 Å². The van der Waals surface area contributed by atoms with Crippen LogP contribution in [0.2, 0.25) is 0 Å². The first-order chi connectivity index (χ1) is 15.4. The minimum Gasteiger partial charge on any atom is -0.450 e. The highest BCUT2D eigenvalue weighted by atomic mass is 19.1. The van der Waals surface area contributed by atoms with Gasteiger partial charge in [-0.2, -0.15) is 0 Å². The number of amides is 1. The van der Waals surface area contributed by atoms with Crippen molar-refractivity contribution in [2.75, 3.05) is 4.90 Å². The standard InChI is InChI=1S/C26H18FNO4/c1-14-7-12-21-19(13-14)24(30)22-23(18-5-3-4-6-20(18)27)28(26(31)25(22)32-21)17-10-8-16(9-11-17)15(2)29/h3-13,23H,1-2H3. The molecule has 1 atom stereocenters. The molecule has 1 aliphatic heterocycles. The molecule has 4 aromatic rings. The molecule has 32 heavy (non-hydrogen) atoms. The van der Waals surface area contributed by atoms with Crippen molar-refractivity contribution >= 4 is 28.3 Å². The molecular formula is C26H18FNO4. The van der Waals surface area contributed by atoms with Crippen molar-refractivity contribution in [2.45, 2.75) is 19.9 Å². The molecule has 0 saturated heterocycles. The van der Waals surface area contributed by atoms with Crippen molar-refractivity contribution in [1.82, 2.24) is 0 Å². The average Bonchev–Trinajstić information content (AvgIpc) is 3.07. The molecule has 0 aliphatic carbocycles. The Hall–Kier alpha value is -4.06. The molecule has 0 N–H and O–H groups in total. The van der Waals surface area contributed by atoms with Crippen LogP contribution < -0.4 is 10.3 Å². The van der Waals surface area contributed by atoms with E-state index >= 15 is 0 Å². The highest BCUT2D eigenvalue weighted by Gasteiger charge is 2.44. The Bertz CT molecular complexity index is 1470.